The van der Waals surface area contributed by atoms with Crippen molar-refractivity contribution in [1.82, 2.24) is 9.62 Å². The minimum absolute atomic E-state index is 0.0196. The van der Waals surface area contributed by atoms with Gasteiger partial charge in [-0.1, -0.05) is 12.5 Å². The average Bonchev–Trinajstić information content (AvgIpc) is 2.45. The van der Waals surface area contributed by atoms with Crippen molar-refractivity contribution < 1.29 is 12.8 Å². The Labute approximate surface area is 126 Å². The summed E-state index contributed by atoms with van der Waals surface area (Å²) in [5.41, 5.74) is 0. The van der Waals surface area contributed by atoms with Crippen molar-refractivity contribution in [2.45, 2.75) is 43.5 Å². The molecule has 1 atom stereocenters. The van der Waals surface area contributed by atoms with Gasteiger partial charge in [-0.25, -0.2) is 17.5 Å². The van der Waals surface area contributed by atoms with Crippen LogP contribution in [0.15, 0.2) is 29.2 Å². The second-order valence-corrected chi connectivity index (χ2v) is 7.36. The SMILES string of the molecule is CC1CCCCN1CCCNS(=O)(=O)c1cccc(F)c1. The molecule has 0 radical (unpaired) electrons. The molecular formula is C15H23FN2O2S. The summed E-state index contributed by atoms with van der Waals surface area (Å²) in [5.74, 6) is -0.542. The quantitative estimate of drug-likeness (QED) is 0.820. The van der Waals surface area contributed by atoms with Crippen LogP contribution in [-0.4, -0.2) is 39.0 Å². The van der Waals surface area contributed by atoms with E-state index in [1.54, 1.807) is 0 Å². The number of hydrogen-bond acceptors (Lipinski definition) is 3. The summed E-state index contributed by atoms with van der Waals surface area (Å²) in [6.45, 7) is 4.59. The van der Waals surface area contributed by atoms with E-state index >= 15 is 0 Å². The maximum Gasteiger partial charge on any atom is 0.240 e. The van der Waals surface area contributed by atoms with Crippen LogP contribution in [0.1, 0.15) is 32.6 Å². The second-order valence-electron chi connectivity index (χ2n) is 5.59. The van der Waals surface area contributed by atoms with Crippen LogP contribution >= 0.6 is 0 Å². The zero-order chi connectivity index (χ0) is 15.3. The summed E-state index contributed by atoms with van der Waals surface area (Å²) >= 11 is 0. The molecule has 1 aromatic carbocycles. The molecule has 1 saturated heterocycles. The lowest BCUT2D eigenvalue weighted by molar-refractivity contribution is 0.159. The Morgan fingerprint density at radius 3 is 2.90 bits per heavy atom. The Bertz CT molecular complexity index is 563. The first-order valence-corrected chi connectivity index (χ1v) is 8.96. The van der Waals surface area contributed by atoms with Gasteiger partial charge in [0.2, 0.25) is 10.0 Å². The van der Waals surface area contributed by atoms with E-state index in [-0.39, 0.29) is 4.90 Å². The van der Waals surface area contributed by atoms with E-state index in [0.717, 1.165) is 25.6 Å². The van der Waals surface area contributed by atoms with Crippen molar-refractivity contribution >= 4 is 10.0 Å². The van der Waals surface area contributed by atoms with Gasteiger partial charge in [0, 0.05) is 12.6 Å². The van der Waals surface area contributed by atoms with Gasteiger partial charge in [0.1, 0.15) is 5.82 Å². The highest BCUT2D eigenvalue weighted by Gasteiger charge is 2.18. The van der Waals surface area contributed by atoms with Crippen molar-refractivity contribution in [2.24, 2.45) is 0 Å². The van der Waals surface area contributed by atoms with Crippen LogP contribution in [0, 0.1) is 5.82 Å². The summed E-state index contributed by atoms with van der Waals surface area (Å²) in [5, 5.41) is 0. The molecular weight excluding hydrogens is 291 g/mol. The van der Waals surface area contributed by atoms with Gasteiger partial charge >= 0.3 is 0 Å². The molecule has 1 fully saturated rings. The first-order chi connectivity index (χ1) is 9.99. The van der Waals surface area contributed by atoms with Crippen molar-refractivity contribution in [1.29, 1.82) is 0 Å². The molecule has 1 aliphatic heterocycles. The van der Waals surface area contributed by atoms with Gasteiger partial charge in [0.15, 0.2) is 0 Å². The highest BCUT2D eigenvalue weighted by Crippen LogP contribution is 2.16. The molecule has 0 aromatic heterocycles. The lowest BCUT2D eigenvalue weighted by Crippen LogP contribution is -2.39. The van der Waals surface area contributed by atoms with Crippen LogP contribution in [0.3, 0.4) is 0 Å². The Morgan fingerprint density at radius 2 is 2.19 bits per heavy atom. The fourth-order valence-electron chi connectivity index (χ4n) is 2.70. The zero-order valence-corrected chi connectivity index (χ0v) is 13.2. The smallest absolute Gasteiger partial charge is 0.240 e. The lowest BCUT2D eigenvalue weighted by atomic mass is 10.0. The highest BCUT2D eigenvalue weighted by atomic mass is 32.2. The largest absolute Gasteiger partial charge is 0.301 e. The third kappa shape index (κ3) is 4.76. The van der Waals surface area contributed by atoms with E-state index in [1.807, 2.05) is 0 Å². The monoisotopic (exact) mass is 314 g/mol. The minimum atomic E-state index is -3.61. The molecule has 4 nitrogen and oxygen atoms in total. The van der Waals surface area contributed by atoms with E-state index in [1.165, 1.54) is 37.5 Å². The zero-order valence-electron chi connectivity index (χ0n) is 12.4. The van der Waals surface area contributed by atoms with Gasteiger partial charge in [0.25, 0.3) is 0 Å². The van der Waals surface area contributed by atoms with Gasteiger partial charge in [0.05, 0.1) is 4.90 Å². The number of nitrogens with zero attached hydrogens (tertiary/aromatic N) is 1. The van der Waals surface area contributed by atoms with Gasteiger partial charge < -0.3 is 4.90 Å². The first-order valence-electron chi connectivity index (χ1n) is 7.48. The van der Waals surface area contributed by atoms with E-state index in [9.17, 15) is 12.8 Å². The van der Waals surface area contributed by atoms with Crippen LogP contribution in [-0.2, 0) is 10.0 Å². The summed E-state index contributed by atoms with van der Waals surface area (Å²) < 4.78 is 39.6. The maximum atomic E-state index is 13.1. The number of halogens is 1. The molecule has 0 spiro atoms. The van der Waals surface area contributed by atoms with Crippen molar-refractivity contribution in [2.75, 3.05) is 19.6 Å². The minimum Gasteiger partial charge on any atom is -0.301 e. The summed E-state index contributed by atoms with van der Waals surface area (Å²) in [4.78, 5) is 2.38. The van der Waals surface area contributed by atoms with Crippen LogP contribution in [0.25, 0.3) is 0 Å². The predicted octanol–water partition coefficient (Wildman–Crippen LogP) is 2.37. The molecule has 1 N–H and O–H groups in total. The Kier molecular flexibility index (Phi) is 5.72. The standard InChI is InChI=1S/C15H23FN2O2S/c1-13-6-2-3-10-18(13)11-5-9-17-21(19,20)15-8-4-7-14(16)12-15/h4,7-8,12-13,17H,2-3,5-6,9-11H2,1H3. The Balaban J connectivity index is 1.80. The number of likely N-dealkylation sites (tertiary alicyclic amines) is 1. The molecule has 0 saturated carbocycles. The number of nitrogens with one attached hydrogen (secondary N) is 1. The molecule has 118 valence electrons. The first kappa shape index (κ1) is 16.4. The topological polar surface area (TPSA) is 49.4 Å². The van der Waals surface area contributed by atoms with Gasteiger partial charge in [-0.2, -0.15) is 0 Å². The molecule has 1 heterocycles. The maximum absolute atomic E-state index is 13.1. The fraction of sp³-hybridized carbons (Fsp3) is 0.600. The van der Waals surface area contributed by atoms with Crippen LogP contribution in [0.5, 0.6) is 0 Å². The summed E-state index contributed by atoms with van der Waals surface area (Å²) in [6.07, 6.45) is 4.48. The van der Waals surface area contributed by atoms with Crippen LogP contribution in [0.2, 0.25) is 0 Å². The molecule has 21 heavy (non-hydrogen) atoms. The fourth-order valence-corrected chi connectivity index (χ4v) is 3.80. The van der Waals surface area contributed by atoms with E-state index in [2.05, 4.69) is 16.5 Å². The van der Waals surface area contributed by atoms with Crippen LogP contribution in [0.4, 0.5) is 4.39 Å². The predicted molar refractivity (Wildman–Crippen MR) is 81.1 cm³/mol. The summed E-state index contributed by atoms with van der Waals surface area (Å²) in [6, 6.07) is 5.65. The van der Waals surface area contributed by atoms with Gasteiger partial charge in [-0.3, -0.25) is 0 Å². The van der Waals surface area contributed by atoms with Crippen molar-refractivity contribution in [3.8, 4) is 0 Å². The van der Waals surface area contributed by atoms with E-state index in [4.69, 9.17) is 0 Å². The number of piperidine rings is 1. The molecule has 1 aromatic rings. The highest BCUT2D eigenvalue weighted by molar-refractivity contribution is 7.89. The summed E-state index contributed by atoms with van der Waals surface area (Å²) in [7, 11) is -3.61. The molecule has 0 amide bonds. The number of sulfonamides is 1. The van der Waals surface area contributed by atoms with E-state index in [0.29, 0.717) is 12.6 Å². The number of benzene rings is 1. The molecule has 1 aliphatic rings. The van der Waals surface area contributed by atoms with Gasteiger partial charge in [-0.15, -0.1) is 0 Å². The third-order valence-electron chi connectivity index (χ3n) is 3.96. The number of hydrogen-bond donors (Lipinski definition) is 1. The van der Waals surface area contributed by atoms with Crippen LogP contribution < -0.4 is 4.72 Å². The van der Waals surface area contributed by atoms with Crippen molar-refractivity contribution in [3.63, 3.8) is 0 Å². The Hall–Kier alpha value is -0.980. The van der Waals surface area contributed by atoms with E-state index < -0.39 is 15.8 Å². The number of rotatable bonds is 6. The second kappa shape index (κ2) is 7.33. The molecule has 1 unspecified atom stereocenters. The molecule has 6 heteroatoms. The molecule has 2 rings (SSSR count). The Morgan fingerprint density at radius 1 is 1.38 bits per heavy atom. The lowest BCUT2D eigenvalue weighted by Gasteiger charge is -2.33. The van der Waals surface area contributed by atoms with Gasteiger partial charge in [-0.05, 0) is 57.5 Å². The third-order valence-corrected chi connectivity index (χ3v) is 5.42. The molecule has 0 aliphatic carbocycles. The normalized spacial score (nSPS) is 20.6. The average molecular weight is 314 g/mol. The molecule has 0 bridgehead atoms. The van der Waals surface area contributed by atoms with Crippen molar-refractivity contribution in [3.05, 3.63) is 30.1 Å².